The van der Waals surface area contributed by atoms with E-state index in [1.807, 2.05) is 5.38 Å². The Balaban J connectivity index is 3.02. The maximum atomic E-state index is 11.9. The van der Waals surface area contributed by atoms with Crippen LogP contribution in [0.3, 0.4) is 0 Å². The quantitative estimate of drug-likeness (QED) is 0.266. The number of thiophene rings is 1. The van der Waals surface area contributed by atoms with E-state index in [0.29, 0.717) is 4.88 Å². The van der Waals surface area contributed by atoms with Crippen molar-refractivity contribution in [3.05, 3.63) is 46.7 Å². The van der Waals surface area contributed by atoms with E-state index in [1.54, 1.807) is 18.4 Å². The summed E-state index contributed by atoms with van der Waals surface area (Å²) in [4.78, 5) is 23.9. The minimum Gasteiger partial charge on any atom is -0.288 e. The Hall–Kier alpha value is -1.13. The number of allylic oxidation sites excluding steroid dienone is 2. The fourth-order valence-corrected chi connectivity index (χ4v) is 2.06. The Kier molecular flexibility index (Phi) is 4.52. The van der Waals surface area contributed by atoms with Gasteiger partial charge in [-0.05, 0) is 23.8 Å². The number of hydrogen-bond donors (Lipinski definition) is 0. The minimum atomic E-state index is -0.232. The molecule has 0 unspecified atom stereocenters. The van der Waals surface area contributed by atoms with Crippen LogP contribution in [0.25, 0.3) is 0 Å². The van der Waals surface area contributed by atoms with Gasteiger partial charge in [0.2, 0.25) is 10.9 Å². The number of carbonyl (C=O) groups is 2. The lowest BCUT2D eigenvalue weighted by atomic mass is 10.1. The molecule has 0 fully saturated rings. The first-order valence-corrected chi connectivity index (χ1v) is 6.30. The first-order chi connectivity index (χ1) is 7.20. The molecule has 0 atom stereocenters. The summed E-state index contributed by atoms with van der Waals surface area (Å²) in [6.07, 6.45) is 4.57. The normalized spacial score (nSPS) is 11.1. The third-order valence-corrected chi connectivity index (χ3v) is 3.14. The van der Waals surface area contributed by atoms with E-state index in [-0.39, 0.29) is 16.5 Å². The summed E-state index contributed by atoms with van der Waals surface area (Å²) in [6, 6.07) is 3.49. The molecular formula is C11H10O2S2. The Labute approximate surface area is 96.7 Å². The lowest BCUT2D eigenvalue weighted by Gasteiger charge is -2.00. The summed E-state index contributed by atoms with van der Waals surface area (Å²) >= 11 is 2.35. The van der Waals surface area contributed by atoms with E-state index in [9.17, 15) is 9.59 Å². The van der Waals surface area contributed by atoms with E-state index < -0.39 is 0 Å². The van der Waals surface area contributed by atoms with Gasteiger partial charge in [-0.3, -0.25) is 9.59 Å². The van der Waals surface area contributed by atoms with Gasteiger partial charge in [0.15, 0.2) is 0 Å². The molecule has 0 aromatic carbocycles. The average molecular weight is 238 g/mol. The van der Waals surface area contributed by atoms with Gasteiger partial charge in [0, 0.05) is 0 Å². The van der Waals surface area contributed by atoms with Crippen molar-refractivity contribution in [3.8, 4) is 0 Å². The molecule has 1 aromatic rings. The number of ketones is 1. The second-order valence-electron chi connectivity index (χ2n) is 2.61. The molecule has 4 heteroatoms. The number of carbonyl (C=O) groups excluding carboxylic acids is 2. The highest BCUT2D eigenvalue weighted by Crippen LogP contribution is 2.18. The van der Waals surface area contributed by atoms with E-state index in [2.05, 4.69) is 6.58 Å². The SMILES string of the molecule is C=C/C=C(\C(=O)SC)C(=O)c1cccs1. The number of rotatable bonds is 4. The van der Waals surface area contributed by atoms with Crippen molar-refractivity contribution in [1.82, 2.24) is 0 Å². The van der Waals surface area contributed by atoms with Gasteiger partial charge in [0.05, 0.1) is 10.5 Å². The molecule has 0 bridgehead atoms. The van der Waals surface area contributed by atoms with Crippen LogP contribution < -0.4 is 0 Å². The van der Waals surface area contributed by atoms with Crippen LogP contribution in [0.1, 0.15) is 9.67 Å². The van der Waals surface area contributed by atoms with Crippen molar-refractivity contribution in [2.24, 2.45) is 0 Å². The summed E-state index contributed by atoms with van der Waals surface area (Å²) < 4.78 is 0. The molecule has 0 aliphatic carbocycles. The van der Waals surface area contributed by atoms with E-state index in [1.165, 1.54) is 23.5 Å². The Morgan fingerprint density at radius 1 is 1.53 bits per heavy atom. The molecule has 1 aromatic heterocycles. The third-order valence-electron chi connectivity index (χ3n) is 1.68. The standard InChI is InChI=1S/C11H10O2S2/c1-3-5-8(11(13)14-2)10(12)9-6-4-7-15-9/h3-7H,1H2,2H3/b8-5-. The second kappa shape index (κ2) is 5.68. The molecule has 15 heavy (non-hydrogen) atoms. The molecule has 2 nitrogen and oxygen atoms in total. The van der Waals surface area contributed by atoms with Crippen LogP contribution in [0.4, 0.5) is 0 Å². The molecule has 0 aliphatic heterocycles. The van der Waals surface area contributed by atoms with Gasteiger partial charge in [-0.15, -0.1) is 11.3 Å². The molecular weight excluding hydrogens is 228 g/mol. The first kappa shape index (κ1) is 11.9. The van der Waals surface area contributed by atoms with Crippen molar-refractivity contribution in [1.29, 1.82) is 0 Å². The highest BCUT2D eigenvalue weighted by Gasteiger charge is 2.18. The molecule has 0 aliphatic rings. The number of thioether (sulfide) groups is 1. The highest BCUT2D eigenvalue weighted by atomic mass is 32.2. The third kappa shape index (κ3) is 2.91. The van der Waals surface area contributed by atoms with Crippen molar-refractivity contribution < 1.29 is 9.59 Å². The molecule has 0 amide bonds. The van der Waals surface area contributed by atoms with Crippen LogP contribution in [0.15, 0.2) is 41.8 Å². The van der Waals surface area contributed by atoms with Gasteiger partial charge in [-0.2, -0.15) is 0 Å². The summed E-state index contributed by atoms with van der Waals surface area (Å²) in [5.41, 5.74) is 0.181. The lowest BCUT2D eigenvalue weighted by molar-refractivity contribution is -0.107. The topological polar surface area (TPSA) is 34.1 Å². The molecule has 1 rings (SSSR count). The smallest absolute Gasteiger partial charge is 0.223 e. The fourth-order valence-electron chi connectivity index (χ4n) is 1.00. The maximum Gasteiger partial charge on any atom is 0.223 e. The van der Waals surface area contributed by atoms with Crippen molar-refractivity contribution in [3.63, 3.8) is 0 Å². The van der Waals surface area contributed by atoms with Gasteiger partial charge < -0.3 is 0 Å². The number of Topliss-reactive ketones (excluding diaryl/α,β-unsaturated/α-hetero) is 1. The van der Waals surface area contributed by atoms with E-state index in [0.717, 1.165) is 11.8 Å². The van der Waals surface area contributed by atoms with Crippen molar-refractivity contribution in [2.45, 2.75) is 0 Å². The van der Waals surface area contributed by atoms with Gasteiger partial charge in [-0.1, -0.05) is 30.5 Å². The monoisotopic (exact) mass is 238 g/mol. The molecule has 0 saturated heterocycles. The average Bonchev–Trinajstić information content (AvgIpc) is 2.77. The molecule has 0 N–H and O–H groups in total. The van der Waals surface area contributed by atoms with E-state index >= 15 is 0 Å². The van der Waals surface area contributed by atoms with Crippen LogP contribution in [-0.2, 0) is 4.79 Å². The number of hydrogen-bond acceptors (Lipinski definition) is 4. The van der Waals surface area contributed by atoms with Gasteiger partial charge in [0.25, 0.3) is 0 Å². The van der Waals surface area contributed by atoms with Crippen LogP contribution in [0.5, 0.6) is 0 Å². The second-order valence-corrected chi connectivity index (χ2v) is 4.34. The predicted octanol–water partition coefficient (Wildman–Crippen LogP) is 2.93. The van der Waals surface area contributed by atoms with Gasteiger partial charge in [-0.25, -0.2) is 0 Å². The van der Waals surface area contributed by atoms with Crippen molar-refractivity contribution >= 4 is 34.0 Å². The Morgan fingerprint density at radius 2 is 2.27 bits per heavy atom. The van der Waals surface area contributed by atoms with Gasteiger partial charge in [0.1, 0.15) is 0 Å². The van der Waals surface area contributed by atoms with Crippen LogP contribution in [-0.4, -0.2) is 17.2 Å². The lowest BCUT2D eigenvalue weighted by Crippen LogP contribution is -2.08. The van der Waals surface area contributed by atoms with Crippen LogP contribution in [0, 0.1) is 0 Å². The zero-order valence-corrected chi connectivity index (χ0v) is 9.86. The van der Waals surface area contributed by atoms with Crippen LogP contribution in [0.2, 0.25) is 0 Å². The molecule has 0 spiro atoms. The molecule has 78 valence electrons. The Bertz CT molecular complexity index is 402. The van der Waals surface area contributed by atoms with Crippen LogP contribution >= 0.6 is 23.1 Å². The minimum absolute atomic E-state index is 0.181. The first-order valence-electron chi connectivity index (χ1n) is 4.20. The van der Waals surface area contributed by atoms with Crippen molar-refractivity contribution in [2.75, 3.05) is 6.26 Å². The summed E-state index contributed by atoms with van der Waals surface area (Å²) in [5.74, 6) is -0.232. The van der Waals surface area contributed by atoms with Gasteiger partial charge >= 0.3 is 0 Å². The maximum absolute atomic E-state index is 11.9. The summed E-state index contributed by atoms with van der Waals surface area (Å²) in [5, 5.41) is 1.58. The largest absolute Gasteiger partial charge is 0.288 e. The molecule has 0 saturated carbocycles. The predicted molar refractivity (Wildman–Crippen MR) is 65.5 cm³/mol. The summed E-state index contributed by atoms with van der Waals surface area (Å²) in [6.45, 7) is 3.49. The molecule has 1 heterocycles. The zero-order chi connectivity index (χ0) is 11.3. The zero-order valence-electron chi connectivity index (χ0n) is 8.23. The summed E-state index contributed by atoms with van der Waals surface area (Å²) in [7, 11) is 0. The van der Waals surface area contributed by atoms with E-state index in [4.69, 9.17) is 0 Å². The Morgan fingerprint density at radius 3 is 2.73 bits per heavy atom. The highest BCUT2D eigenvalue weighted by molar-refractivity contribution is 8.13. The fraction of sp³-hybridized carbons (Fsp3) is 0.0909. The molecule has 0 radical (unpaired) electrons.